The Labute approximate surface area is 111 Å². The van der Waals surface area contributed by atoms with E-state index in [0.29, 0.717) is 30.6 Å². The quantitative estimate of drug-likeness (QED) is 0.318. The minimum Gasteiger partial charge on any atom is -0.504 e. The Morgan fingerprint density at radius 1 is 1.21 bits per heavy atom. The summed E-state index contributed by atoms with van der Waals surface area (Å²) in [5.74, 6) is -1.61. The van der Waals surface area contributed by atoms with E-state index < -0.39 is 11.7 Å². The Bertz CT molecular complexity index is 456. The SMILES string of the molecule is C=C(C)C(=O)OCCCCc1cc(O)c(O)c(O)c1. The van der Waals surface area contributed by atoms with Gasteiger partial charge in [0.25, 0.3) is 0 Å². The van der Waals surface area contributed by atoms with E-state index in [1.165, 1.54) is 12.1 Å². The molecule has 5 heteroatoms. The first-order valence-corrected chi connectivity index (χ1v) is 5.98. The zero-order valence-electron chi connectivity index (χ0n) is 10.8. The van der Waals surface area contributed by atoms with Crippen molar-refractivity contribution >= 4 is 5.97 Å². The van der Waals surface area contributed by atoms with Crippen molar-refractivity contribution < 1.29 is 24.9 Å². The van der Waals surface area contributed by atoms with E-state index in [4.69, 9.17) is 4.74 Å². The van der Waals surface area contributed by atoms with E-state index in [0.717, 1.165) is 6.42 Å². The summed E-state index contributed by atoms with van der Waals surface area (Å²) < 4.78 is 4.93. The number of phenolic OH excluding ortho intramolecular Hbond substituents is 3. The van der Waals surface area contributed by atoms with Gasteiger partial charge >= 0.3 is 5.97 Å². The van der Waals surface area contributed by atoms with Crippen LogP contribution >= 0.6 is 0 Å². The molecule has 0 spiro atoms. The molecule has 0 amide bonds. The van der Waals surface area contributed by atoms with E-state index in [9.17, 15) is 20.1 Å². The maximum Gasteiger partial charge on any atom is 0.333 e. The second kappa shape index (κ2) is 6.68. The van der Waals surface area contributed by atoms with Gasteiger partial charge in [-0.05, 0) is 43.9 Å². The lowest BCUT2D eigenvalue weighted by molar-refractivity contribution is -0.139. The molecule has 0 bridgehead atoms. The van der Waals surface area contributed by atoms with Gasteiger partial charge in [0.05, 0.1) is 6.61 Å². The van der Waals surface area contributed by atoms with Gasteiger partial charge < -0.3 is 20.1 Å². The second-order valence-corrected chi connectivity index (χ2v) is 4.36. The third-order valence-electron chi connectivity index (χ3n) is 2.57. The Hall–Kier alpha value is -2.17. The first-order valence-electron chi connectivity index (χ1n) is 5.98. The highest BCUT2D eigenvalue weighted by Gasteiger charge is 2.08. The number of carbonyl (C=O) groups is 1. The summed E-state index contributed by atoms with van der Waals surface area (Å²) in [6, 6.07) is 2.80. The largest absolute Gasteiger partial charge is 0.504 e. The normalized spacial score (nSPS) is 10.2. The minimum absolute atomic E-state index is 0.307. The number of hydrogen-bond acceptors (Lipinski definition) is 5. The third kappa shape index (κ3) is 4.54. The van der Waals surface area contributed by atoms with Gasteiger partial charge in [-0.2, -0.15) is 0 Å². The lowest BCUT2D eigenvalue weighted by Crippen LogP contribution is -2.06. The lowest BCUT2D eigenvalue weighted by Gasteiger charge is -2.06. The molecule has 0 aliphatic rings. The standard InChI is InChI=1S/C14H18O5/c1-9(2)14(18)19-6-4-3-5-10-7-11(15)13(17)12(16)8-10/h7-8,15-17H,1,3-6H2,2H3. The minimum atomic E-state index is -0.515. The van der Waals surface area contributed by atoms with Gasteiger partial charge in [-0.3, -0.25) is 0 Å². The van der Waals surface area contributed by atoms with Crippen LogP contribution in [0.15, 0.2) is 24.3 Å². The molecule has 104 valence electrons. The molecule has 0 aromatic heterocycles. The molecule has 0 atom stereocenters. The number of hydrogen-bond donors (Lipinski definition) is 3. The fourth-order valence-corrected chi connectivity index (χ4v) is 1.52. The van der Waals surface area contributed by atoms with E-state index in [1.807, 2.05) is 0 Å². The van der Waals surface area contributed by atoms with Crippen LogP contribution in [-0.4, -0.2) is 27.9 Å². The third-order valence-corrected chi connectivity index (χ3v) is 2.57. The molecule has 19 heavy (non-hydrogen) atoms. The van der Waals surface area contributed by atoms with Crippen molar-refractivity contribution in [2.75, 3.05) is 6.61 Å². The zero-order valence-corrected chi connectivity index (χ0v) is 10.8. The first kappa shape index (κ1) is 14.9. The van der Waals surface area contributed by atoms with Gasteiger partial charge in [0.15, 0.2) is 17.2 Å². The molecule has 0 saturated carbocycles. The highest BCUT2D eigenvalue weighted by atomic mass is 16.5. The molecular weight excluding hydrogens is 248 g/mol. The molecule has 1 aromatic carbocycles. The summed E-state index contributed by atoms with van der Waals surface area (Å²) in [5, 5.41) is 27.8. The Balaban J connectivity index is 2.34. The van der Waals surface area contributed by atoms with Gasteiger partial charge in [0.1, 0.15) is 0 Å². The second-order valence-electron chi connectivity index (χ2n) is 4.36. The van der Waals surface area contributed by atoms with E-state index in [1.54, 1.807) is 6.92 Å². The monoisotopic (exact) mass is 266 g/mol. The number of ether oxygens (including phenoxy) is 1. The smallest absolute Gasteiger partial charge is 0.333 e. The van der Waals surface area contributed by atoms with Crippen LogP contribution in [0.2, 0.25) is 0 Å². The molecule has 5 nitrogen and oxygen atoms in total. The number of esters is 1. The molecule has 0 heterocycles. The predicted molar refractivity (Wildman–Crippen MR) is 70.1 cm³/mol. The van der Waals surface area contributed by atoms with E-state index in [2.05, 4.69) is 6.58 Å². The van der Waals surface area contributed by atoms with Crippen molar-refractivity contribution in [3.8, 4) is 17.2 Å². The van der Waals surface area contributed by atoms with Crippen LogP contribution in [0.4, 0.5) is 0 Å². The summed E-state index contributed by atoms with van der Waals surface area (Å²) in [7, 11) is 0. The maximum atomic E-state index is 11.1. The molecular formula is C14H18O5. The Morgan fingerprint density at radius 3 is 2.32 bits per heavy atom. The topological polar surface area (TPSA) is 87.0 Å². The highest BCUT2D eigenvalue weighted by Crippen LogP contribution is 2.35. The van der Waals surface area contributed by atoms with Crippen molar-refractivity contribution in [3.05, 3.63) is 29.8 Å². The molecule has 1 rings (SSSR count). The fraction of sp³-hybridized carbons (Fsp3) is 0.357. The number of benzene rings is 1. The van der Waals surface area contributed by atoms with Gasteiger partial charge in [-0.1, -0.05) is 6.58 Å². The van der Waals surface area contributed by atoms with Crippen LogP contribution in [0.1, 0.15) is 25.3 Å². The Kier molecular flexibility index (Phi) is 5.23. The van der Waals surface area contributed by atoms with Crippen LogP contribution in [0, 0.1) is 0 Å². The number of aryl methyl sites for hydroxylation is 1. The summed E-state index contributed by atoms with van der Waals surface area (Å²) in [4.78, 5) is 11.1. The zero-order chi connectivity index (χ0) is 14.4. The number of unbranched alkanes of at least 4 members (excludes halogenated alkanes) is 1. The average Bonchev–Trinajstić information content (AvgIpc) is 2.34. The Morgan fingerprint density at radius 2 is 1.79 bits per heavy atom. The number of rotatable bonds is 6. The summed E-state index contributed by atoms with van der Waals surface area (Å²) in [6.07, 6.45) is 2.00. The molecule has 3 N–H and O–H groups in total. The maximum absolute atomic E-state index is 11.1. The molecule has 0 unspecified atom stereocenters. The van der Waals surface area contributed by atoms with Crippen LogP contribution in [0.25, 0.3) is 0 Å². The van der Waals surface area contributed by atoms with Crippen molar-refractivity contribution in [2.45, 2.75) is 26.2 Å². The lowest BCUT2D eigenvalue weighted by atomic mass is 10.1. The predicted octanol–water partition coefficient (Wildman–Crippen LogP) is 2.25. The number of aromatic hydroxyl groups is 3. The van der Waals surface area contributed by atoms with Gasteiger partial charge in [0.2, 0.25) is 0 Å². The van der Waals surface area contributed by atoms with Crippen LogP contribution in [-0.2, 0) is 16.0 Å². The number of phenols is 3. The van der Waals surface area contributed by atoms with E-state index in [-0.39, 0.29) is 11.5 Å². The fourth-order valence-electron chi connectivity index (χ4n) is 1.52. The number of carbonyl (C=O) groups excluding carboxylic acids is 1. The van der Waals surface area contributed by atoms with Crippen LogP contribution in [0.3, 0.4) is 0 Å². The first-order chi connectivity index (χ1) is 8.91. The summed E-state index contributed by atoms with van der Waals surface area (Å²) in [5.41, 5.74) is 1.08. The van der Waals surface area contributed by atoms with Gasteiger partial charge in [0, 0.05) is 5.57 Å². The van der Waals surface area contributed by atoms with Gasteiger partial charge in [-0.15, -0.1) is 0 Å². The molecule has 0 radical (unpaired) electrons. The van der Waals surface area contributed by atoms with Crippen molar-refractivity contribution in [3.63, 3.8) is 0 Å². The van der Waals surface area contributed by atoms with E-state index >= 15 is 0 Å². The molecule has 1 aromatic rings. The molecule has 0 aliphatic heterocycles. The molecule has 0 fully saturated rings. The summed E-state index contributed by atoms with van der Waals surface area (Å²) >= 11 is 0. The van der Waals surface area contributed by atoms with Crippen molar-refractivity contribution in [1.82, 2.24) is 0 Å². The summed E-state index contributed by atoms with van der Waals surface area (Å²) in [6.45, 7) is 5.37. The van der Waals surface area contributed by atoms with Crippen LogP contribution < -0.4 is 0 Å². The highest BCUT2D eigenvalue weighted by molar-refractivity contribution is 5.86. The van der Waals surface area contributed by atoms with Crippen LogP contribution in [0.5, 0.6) is 17.2 Å². The average molecular weight is 266 g/mol. The van der Waals surface area contributed by atoms with Crippen molar-refractivity contribution in [1.29, 1.82) is 0 Å². The van der Waals surface area contributed by atoms with Crippen molar-refractivity contribution in [2.24, 2.45) is 0 Å². The molecule has 0 saturated heterocycles. The van der Waals surface area contributed by atoms with Gasteiger partial charge in [-0.25, -0.2) is 4.79 Å². The molecule has 0 aliphatic carbocycles.